The number of hydrogen-bond acceptors (Lipinski definition) is 4. The van der Waals surface area contributed by atoms with E-state index < -0.39 is 0 Å². The highest BCUT2D eigenvalue weighted by atomic mass is 16.5. The molecule has 0 bridgehead atoms. The first-order valence-electron chi connectivity index (χ1n) is 6.48. The fraction of sp³-hybridized carbons (Fsp3) is 0.250. The molecular weight excluding hydrogens is 270 g/mol. The van der Waals surface area contributed by atoms with Crippen molar-refractivity contribution in [3.63, 3.8) is 0 Å². The third-order valence-electron chi connectivity index (χ3n) is 3.23. The van der Waals surface area contributed by atoms with Crippen molar-refractivity contribution < 1.29 is 14.3 Å². The average Bonchev–Trinajstić information content (AvgIpc) is 2.51. The SMILES string of the molecule is COc1ccc(C(=O)Cn2cccc(C)c2=O)c(OC)c1. The van der Waals surface area contributed by atoms with E-state index in [1.807, 2.05) is 0 Å². The minimum atomic E-state index is -0.192. The number of carbonyl (C=O) groups is 1. The van der Waals surface area contributed by atoms with Gasteiger partial charge in [0.25, 0.3) is 5.56 Å². The molecule has 0 aliphatic carbocycles. The van der Waals surface area contributed by atoms with Crippen molar-refractivity contribution in [3.8, 4) is 11.5 Å². The van der Waals surface area contributed by atoms with Crippen molar-refractivity contribution in [1.29, 1.82) is 0 Å². The Bertz CT molecular complexity index is 718. The molecule has 1 heterocycles. The second-order valence-corrected chi connectivity index (χ2v) is 4.61. The number of carbonyl (C=O) groups excluding carboxylic acids is 1. The van der Waals surface area contributed by atoms with E-state index in [1.165, 1.54) is 11.7 Å². The Hall–Kier alpha value is -2.56. The average molecular weight is 287 g/mol. The van der Waals surface area contributed by atoms with Gasteiger partial charge in [0.1, 0.15) is 11.5 Å². The summed E-state index contributed by atoms with van der Waals surface area (Å²) >= 11 is 0. The van der Waals surface area contributed by atoms with Gasteiger partial charge in [0.15, 0.2) is 5.78 Å². The minimum absolute atomic E-state index is 0.0246. The number of rotatable bonds is 5. The molecule has 0 aliphatic rings. The summed E-state index contributed by atoms with van der Waals surface area (Å²) in [7, 11) is 3.03. The zero-order valence-electron chi connectivity index (χ0n) is 12.3. The Morgan fingerprint density at radius 1 is 1.19 bits per heavy atom. The highest BCUT2D eigenvalue weighted by Gasteiger charge is 2.14. The van der Waals surface area contributed by atoms with Crippen molar-refractivity contribution in [1.82, 2.24) is 4.57 Å². The minimum Gasteiger partial charge on any atom is -0.497 e. The molecular formula is C16H17NO4. The first kappa shape index (κ1) is 14.8. The van der Waals surface area contributed by atoms with E-state index in [-0.39, 0.29) is 17.9 Å². The maximum Gasteiger partial charge on any atom is 0.253 e. The van der Waals surface area contributed by atoms with Gasteiger partial charge in [0, 0.05) is 17.8 Å². The predicted molar refractivity (Wildman–Crippen MR) is 79.3 cm³/mol. The van der Waals surface area contributed by atoms with Crippen LogP contribution in [0.4, 0.5) is 0 Å². The molecule has 110 valence electrons. The Morgan fingerprint density at radius 3 is 2.62 bits per heavy atom. The van der Waals surface area contributed by atoms with Crippen LogP contribution in [-0.2, 0) is 6.54 Å². The first-order chi connectivity index (χ1) is 10.1. The molecule has 0 amide bonds. The zero-order chi connectivity index (χ0) is 15.4. The lowest BCUT2D eigenvalue weighted by Gasteiger charge is -2.11. The Morgan fingerprint density at radius 2 is 1.95 bits per heavy atom. The maximum absolute atomic E-state index is 12.4. The van der Waals surface area contributed by atoms with Gasteiger partial charge in [0.05, 0.1) is 26.3 Å². The van der Waals surface area contributed by atoms with Gasteiger partial charge >= 0.3 is 0 Å². The lowest BCUT2D eigenvalue weighted by molar-refractivity contribution is 0.0968. The summed E-state index contributed by atoms with van der Waals surface area (Å²) in [5.74, 6) is 0.846. The molecule has 0 radical (unpaired) electrons. The molecule has 0 saturated carbocycles. The third-order valence-corrected chi connectivity index (χ3v) is 3.23. The number of ketones is 1. The summed E-state index contributed by atoms with van der Waals surface area (Å²) < 4.78 is 11.7. The first-order valence-corrected chi connectivity index (χ1v) is 6.48. The monoisotopic (exact) mass is 287 g/mol. The van der Waals surface area contributed by atoms with Crippen LogP contribution in [0.15, 0.2) is 41.3 Å². The lowest BCUT2D eigenvalue weighted by Crippen LogP contribution is -2.25. The van der Waals surface area contributed by atoms with Gasteiger partial charge in [-0.05, 0) is 25.1 Å². The summed E-state index contributed by atoms with van der Waals surface area (Å²) in [6, 6.07) is 8.44. The maximum atomic E-state index is 12.4. The number of ether oxygens (including phenoxy) is 2. The third kappa shape index (κ3) is 3.13. The van der Waals surface area contributed by atoms with Crippen molar-refractivity contribution >= 4 is 5.78 Å². The fourth-order valence-electron chi connectivity index (χ4n) is 2.05. The molecule has 0 unspecified atom stereocenters. The summed E-state index contributed by atoms with van der Waals surface area (Å²) in [4.78, 5) is 24.3. The molecule has 0 saturated heterocycles. The number of Topliss-reactive ketones (excluding diaryl/α,β-unsaturated/α-hetero) is 1. The predicted octanol–water partition coefficient (Wildman–Crippen LogP) is 2.06. The molecule has 5 nitrogen and oxygen atoms in total. The van der Waals surface area contributed by atoms with Gasteiger partial charge in [0.2, 0.25) is 0 Å². The number of benzene rings is 1. The van der Waals surface area contributed by atoms with Crippen LogP contribution in [0, 0.1) is 6.92 Å². The molecule has 0 aliphatic heterocycles. The van der Waals surface area contributed by atoms with E-state index in [0.717, 1.165) is 0 Å². The Balaban J connectivity index is 2.32. The van der Waals surface area contributed by atoms with Gasteiger partial charge in [-0.1, -0.05) is 6.07 Å². The van der Waals surface area contributed by atoms with Crippen LogP contribution in [0.3, 0.4) is 0 Å². The zero-order valence-corrected chi connectivity index (χ0v) is 12.3. The Kier molecular flexibility index (Phi) is 4.42. The quantitative estimate of drug-likeness (QED) is 0.790. The van der Waals surface area contributed by atoms with Gasteiger partial charge in [-0.25, -0.2) is 0 Å². The van der Waals surface area contributed by atoms with Gasteiger partial charge < -0.3 is 14.0 Å². The van der Waals surface area contributed by atoms with Crippen LogP contribution in [0.25, 0.3) is 0 Å². The van der Waals surface area contributed by atoms with Gasteiger partial charge in [-0.15, -0.1) is 0 Å². The number of nitrogens with zero attached hydrogens (tertiary/aromatic N) is 1. The largest absolute Gasteiger partial charge is 0.497 e. The van der Waals surface area contributed by atoms with E-state index in [0.29, 0.717) is 22.6 Å². The highest BCUT2D eigenvalue weighted by Crippen LogP contribution is 2.25. The molecule has 5 heteroatoms. The number of aromatic nitrogens is 1. The normalized spacial score (nSPS) is 10.2. The van der Waals surface area contributed by atoms with E-state index in [4.69, 9.17) is 9.47 Å². The van der Waals surface area contributed by atoms with Crippen molar-refractivity contribution in [2.75, 3.05) is 14.2 Å². The molecule has 2 aromatic rings. The fourth-order valence-corrected chi connectivity index (χ4v) is 2.05. The molecule has 0 fully saturated rings. The van der Waals surface area contributed by atoms with E-state index in [2.05, 4.69) is 0 Å². The number of methoxy groups -OCH3 is 2. The smallest absolute Gasteiger partial charge is 0.253 e. The number of hydrogen-bond donors (Lipinski definition) is 0. The second-order valence-electron chi connectivity index (χ2n) is 4.61. The van der Waals surface area contributed by atoms with Crippen LogP contribution in [-0.4, -0.2) is 24.6 Å². The molecule has 0 atom stereocenters. The van der Waals surface area contributed by atoms with E-state index >= 15 is 0 Å². The molecule has 1 aromatic heterocycles. The van der Waals surface area contributed by atoms with E-state index in [1.54, 1.807) is 50.6 Å². The lowest BCUT2D eigenvalue weighted by atomic mass is 10.1. The van der Waals surface area contributed by atoms with Crippen LogP contribution in [0.2, 0.25) is 0 Å². The molecule has 0 spiro atoms. The van der Waals surface area contributed by atoms with Crippen molar-refractivity contribution in [2.24, 2.45) is 0 Å². The second kappa shape index (κ2) is 6.26. The summed E-state index contributed by atoms with van der Waals surface area (Å²) in [5.41, 5.74) is 0.858. The highest BCUT2D eigenvalue weighted by molar-refractivity contribution is 5.98. The van der Waals surface area contributed by atoms with Crippen LogP contribution < -0.4 is 15.0 Å². The van der Waals surface area contributed by atoms with Crippen LogP contribution in [0.5, 0.6) is 11.5 Å². The Labute approximate surface area is 122 Å². The van der Waals surface area contributed by atoms with Crippen LogP contribution in [0.1, 0.15) is 15.9 Å². The number of aryl methyl sites for hydroxylation is 1. The molecule has 2 rings (SSSR count). The van der Waals surface area contributed by atoms with Gasteiger partial charge in [-0.2, -0.15) is 0 Å². The molecule has 21 heavy (non-hydrogen) atoms. The van der Waals surface area contributed by atoms with Gasteiger partial charge in [-0.3, -0.25) is 9.59 Å². The molecule has 1 aromatic carbocycles. The molecule has 0 N–H and O–H groups in total. The standard InChI is InChI=1S/C16H17NO4/c1-11-5-4-8-17(16(11)19)10-14(18)13-7-6-12(20-2)9-15(13)21-3/h4-9H,10H2,1-3H3. The summed E-state index contributed by atoms with van der Waals surface area (Å²) in [6.07, 6.45) is 1.60. The van der Waals surface area contributed by atoms with Crippen LogP contribution >= 0.6 is 0 Å². The topological polar surface area (TPSA) is 57.5 Å². The van der Waals surface area contributed by atoms with Crippen molar-refractivity contribution in [3.05, 3.63) is 58.0 Å². The van der Waals surface area contributed by atoms with E-state index in [9.17, 15) is 9.59 Å². The van der Waals surface area contributed by atoms with Crippen molar-refractivity contribution in [2.45, 2.75) is 13.5 Å². The number of pyridine rings is 1. The summed E-state index contributed by atoms with van der Waals surface area (Å²) in [6.45, 7) is 1.69. The summed E-state index contributed by atoms with van der Waals surface area (Å²) in [5, 5.41) is 0.